The molecule has 3 aromatic rings. The molecular formula is C20H20BrN5O3S. The third kappa shape index (κ3) is 3.43. The molecule has 2 aliphatic heterocycles. The fourth-order valence-electron chi connectivity index (χ4n) is 3.81. The van der Waals surface area contributed by atoms with Gasteiger partial charge in [0.2, 0.25) is 5.88 Å². The summed E-state index contributed by atoms with van der Waals surface area (Å²) in [6, 6.07) is 8.10. The first-order valence-corrected chi connectivity index (χ1v) is 12.3. The first-order valence-electron chi connectivity index (χ1n) is 9.65. The van der Waals surface area contributed by atoms with Crippen molar-refractivity contribution < 1.29 is 13.2 Å². The Kier molecular flexibility index (Phi) is 4.70. The van der Waals surface area contributed by atoms with Crippen LogP contribution >= 0.6 is 15.9 Å². The van der Waals surface area contributed by atoms with E-state index < -0.39 is 9.84 Å². The SMILES string of the molecule is Nc1c(Br)c(OC2CCS(=O)(=O)CC2)nc2c(C3=Cc4ccccc4NC3)cnn12. The molecule has 5 rings (SSSR count). The summed E-state index contributed by atoms with van der Waals surface area (Å²) in [5.41, 5.74) is 11.0. The van der Waals surface area contributed by atoms with E-state index in [0.29, 0.717) is 41.2 Å². The monoisotopic (exact) mass is 489 g/mol. The highest BCUT2D eigenvalue weighted by molar-refractivity contribution is 9.10. The maximum atomic E-state index is 11.7. The Bertz CT molecular complexity index is 1270. The lowest BCUT2D eigenvalue weighted by Gasteiger charge is -2.23. The standard InChI is InChI=1S/C20H20BrN5O3S/c21-17-18(22)26-19(25-20(17)29-14-5-7-30(27,28)8-6-14)15(11-24-26)13-9-12-3-1-2-4-16(12)23-10-13/h1-4,9,11,14,23H,5-8,10,22H2. The van der Waals surface area contributed by atoms with Gasteiger partial charge in [0.15, 0.2) is 15.5 Å². The number of halogens is 1. The van der Waals surface area contributed by atoms with Crippen molar-refractivity contribution in [3.8, 4) is 5.88 Å². The molecule has 2 aliphatic rings. The zero-order chi connectivity index (χ0) is 20.9. The van der Waals surface area contributed by atoms with Gasteiger partial charge in [0.1, 0.15) is 16.4 Å². The molecule has 10 heteroatoms. The van der Waals surface area contributed by atoms with E-state index in [1.807, 2.05) is 18.2 Å². The van der Waals surface area contributed by atoms with Crippen molar-refractivity contribution in [2.45, 2.75) is 18.9 Å². The normalized spacial score (nSPS) is 18.5. The molecule has 0 saturated carbocycles. The summed E-state index contributed by atoms with van der Waals surface area (Å²) in [4.78, 5) is 4.69. The van der Waals surface area contributed by atoms with Gasteiger partial charge in [-0.2, -0.15) is 14.6 Å². The third-order valence-corrected chi connectivity index (χ3v) is 7.94. The number of nitrogens with two attached hydrogens (primary N) is 1. The second-order valence-corrected chi connectivity index (χ2v) is 10.6. The number of anilines is 2. The molecule has 1 saturated heterocycles. The van der Waals surface area contributed by atoms with E-state index in [1.165, 1.54) is 0 Å². The van der Waals surface area contributed by atoms with Crippen molar-refractivity contribution in [3.05, 3.63) is 46.1 Å². The zero-order valence-electron chi connectivity index (χ0n) is 16.0. The van der Waals surface area contributed by atoms with Crippen LogP contribution in [0.5, 0.6) is 5.88 Å². The summed E-state index contributed by atoms with van der Waals surface area (Å²) in [6.07, 6.45) is 4.55. The maximum absolute atomic E-state index is 11.7. The molecule has 8 nitrogen and oxygen atoms in total. The van der Waals surface area contributed by atoms with Gasteiger partial charge in [-0.25, -0.2) is 8.42 Å². The molecule has 0 aliphatic carbocycles. The van der Waals surface area contributed by atoms with E-state index in [9.17, 15) is 8.42 Å². The van der Waals surface area contributed by atoms with Gasteiger partial charge in [-0.05, 0) is 52.1 Å². The molecular weight excluding hydrogens is 470 g/mol. The number of nitrogens with zero attached hydrogens (tertiary/aromatic N) is 3. The first-order chi connectivity index (χ1) is 14.4. The molecule has 156 valence electrons. The molecule has 3 N–H and O–H groups in total. The van der Waals surface area contributed by atoms with E-state index in [-0.39, 0.29) is 17.6 Å². The van der Waals surface area contributed by atoms with Crippen LogP contribution in [-0.2, 0) is 9.84 Å². The first kappa shape index (κ1) is 19.4. The summed E-state index contributed by atoms with van der Waals surface area (Å²) >= 11 is 3.46. The van der Waals surface area contributed by atoms with E-state index in [0.717, 1.165) is 22.4 Å². The summed E-state index contributed by atoms with van der Waals surface area (Å²) < 4.78 is 31.5. The number of nitrogen functional groups attached to an aromatic ring is 1. The van der Waals surface area contributed by atoms with Crippen LogP contribution in [-0.4, -0.2) is 47.2 Å². The van der Waals surface area contributed by atoms with Crippen LogP contribution in [0.25, 0.3) is 17.3 Å². The van der Waals surface area contributed by atoms with Crippen LogP contribution in [0.1, 0.15) is 24.0 Å². The van der Waals surface area contributed by atoms with E-state index >= 15 is 0 Å². The average molecular weight is 490 g/mol. The van der Waals surface area contributed by atoms with Gasteiger partial charge in [0, 0.05) is 17.8 Å². The van der Waals surface area contributed by atoms with E-state index in [2.05, 4.69) is 38.5 Å². The van der Waals surface area contributed by atoms with Crippen LogP contribution in [0.3, 0.4) is 0 Å². The smallest absolute Gasteiger partial charge is 0.234 e. The predicted octanol–water partition coefficient (Wildman–Crippen LogP) is 3.00. The van der Waals surface area contributed by atoms with Crippen LogP contribution in [0.2, 0.25) is 0 Å². The van der Waals surface area contributed by atoms with Gasteiger partial charge in [-0.15, -0.1) is 0 Å². The molecule has 1 aromatic carbocycles. The van der Waals surface area contributed by atoms with Gasteiger partial charge in [0.25, 0.3) is 0 Å². The molecule has 4 heterocycles. The van der Waals surface area contributed by atoms with Gasteiger partial charge < -0.3 is 15.8 Å². The Morgan fingerprint density at radius 1 is 1.23 bits per heavy atom. The highest BCUT2D eigenvalue weighted by Gasteiger charge is 2.27. The minimum absolute atomic E-state index is 0.128. The van der Waals surface area contributed by atoms with Crippen molar-refractivity contribution in [1.82, 2.24) is 14.6 Å². The van der Waals surface area contributed by atoms with E-state index in [4.69, 9.17) is 15.5 Å². The van der Waals surface area contributed by atoms with Crippen LogP contribution in [0.4, 0.5) is 11.5 Å². The summed E-state index contributed by atoms with van der Waals surface area (Å²) in [5, 5.41) is 7.83. The zero-order valence-corrected chi connectivity index (χ0v) is 18.4. The quantitative estimate of drug-likeness (QED) is 0.581. The number of aromatic nitrogens is 3. The number of para-hydroxylation sites is 1. The Morgan fingerprint density at radius 2 is 2.00 bits per heavy atom. The second-order valence-electron chi connectivity index (χ2n) is 7.49. The minimum Gasteiger partial charge on any atom is -0.473 e. The summed E-state index contributed by atoms with van der Waals surface area (Å²) in [5.74, 6) is 0.997. The Morgan fingerprint density at radius 3 is 2.80 bits per heavy atom. The molecule has 0 unspecified atom stereocenters. The van der Waals surface area contributed by atoms with Crippen molar-refractivity contribution in [2.24, 2.45) is 0 Å². The van der Waals surface area contributed by atoms with Crippen LogP contribution < -0.4 is 15.8 Å². The van der Waals surface area contributed by atoms with Gasteiger partial charge in [-0.1, -0.05) is 18.2 Å². The molecule has 0 radical (unpaired) electrons. The fourth-order valence-corrected chi connectivity index (χ4v) is 5.61. The molecule has 0 atom stereocenters. The molecule has 0 amide bonds. The largest absolute Gasteiger partial charge is 0.473 e. The maximum Gasteiger partial charge on any atom is 0.234 e. The number of hydrogen-bond donors (Lipinski definition) is 2. The van der Waals surface area contributed by atoms with Crippen molar-refractivity contribution in [3.63, 3.8) is 0 Å². The van der Waals surface area contributed by atoms with Gasteiger partial charge in [-0.3, -0.25) is 0 Å². The molecule has 30 heavy (non-hydrogen) atoms. The van der Waals surface area contributed by atoms with Crippen molar-refractivity contribution in [2.75, 3.05) is 29.1 Å². The van der Waals surface area contributed by atoms with Gasteiger partial charge >= 0.3 is 0 Å². The topological polar surface area (TPSA) is 112 Å². The Labute approximate surface area is 182 Å². The van der Waals surface area contributed by atoms with Gasteiger partial charge in [0.05, 0.1) is 17.7 Å². The summed E-state index contributed by atoms with van der Waals surface area (Å²) in [6.45, 7) is 0.646. The molecule has 2 aromatic heterocycles. The second kappa shape index (κ2) is 7.28. The molecule has 0 spiro atoms. The number of hydrogen-bond acceptors (Lipinski definition) is 7. The van der Waals surface area contributed by atoms with Crippen molar-refractivity contribution in [1.29, 1.82) is 0 Å². The number of rotatable bonds is 3. The lowest BCUT2D eigenvalue weighted by atomic mass is 10.0. The lowest BCUT2D eigenvalue weighted by molar-refractivity contribution is 0.181. The fraction of sp³-hybridized carbons (Fsp3) is 0.300. The summed E-state index contributed by atoms with van der Waals surface area (Å²) in [7, 11) is -2.96. The predicted molar refractivity (Wildman–Crippen MR) is 120 cm³/mol. The van der Waals surface area contributed by atoms with E-state index in [1.54, 1.807) is 10.7 Å². The highest BCUT2D eigenvalue weighted by atomic mass is 79.9. The minimum atomic E-state index is -2.96. The lowest BCUT2D eigenvalue weighted by Crippen LogP contribution is -2.31. The highest BCUT2D eigenvalue weighted by Crippen LogP contribution is 2.35. The molecule has 1 fully saturated rings. The third-order valence-electron chi connectivity index (χ3n) is 5.48. The van der Waals surface area contributed by atoms with Crippen LogP contribution in [0.15, 0.2) is 34.9 Å². The number of ether oxygens (including phenoxy) is 1. The van der Waals surface area contributed by atoms with Crippen molar-refractivity contribution >= 4 is 54.6 Å². The number of sulfone groups is 1. The number of fused-ring (bicyclic) bond motifs is 2. The Balaban J connectivity index is 1.52. The number of benzene rings is 1. The number of nitrogens with one attached hydrogen (secondary N) is 1. The molecule has 0 bridgehead atoms. The van der Waals surface area contributed by atoms with Crippen LogP contribution in [0, 0.1) is 0 Å². The average Bonchev–Trinajstić information content (AvgIpc) is 3.17. The Hall–Kier alpha value is -2.59.